The van der Waals surface area contributed by atoms with Gasteiger partial charge in [-0.2, -0.15) is 0 Å². The Morgan fingerprint density at radius 3 is 2.74 bits per heavy atom. The number of nitrogens with one attached hydrogen (secondary N) is 1. The molecule has 1 N–H and O–H groups in total. The highest BCUT2D eigenvalue weighted by molar-refractivity contribution is 9.10. The molecule has 0 fully saturated rings. The lowest BCUT2D eigenvalue weighted by molar-refractivity contribution is 0.675. The van der Waals surface area contributed by atoms with Crippen molar-refractivity contribution in [2.45, 2.75) is 26.8 Å². The molecule has 5 heteroatoms. The number of aromatic nitrogens is 3. The van der Waals surface area contributed by atoms with Crippen LogP contribution in [0.3, 0.4) is 0 Å². The molecule has 0 spiro atoms. The van der Waals surface area contributed by atoms with E-state index in [0.29, 0.717) is 0 Å². The van der Waals surface area contributed by atoms with Crippen molar-refractivity contribution in [3.63, 3.8) is 0 Å². The highest BCUT2D eigenvalue weighted by atomic mass is 79.9. The average molecular weight is 323 g/mol. The molecule has 19 heavy (non-hydrogen) atoms. The van der Waals surface area contributed by atoms with Crippen LogP contribution in [0.15, 0.2) is 22.8 Å². The normalized spacial score (nSPS) is 10.9. The summed E-state index contributed by atoms with van der Waals surface area (Å²) in [6.07, 6.45) is 1.16. The van der Waals surface area contributed by atoms with E-state index in [4.69, 9.17) is 0 Å². The highest BCUT2D eigenvalue weighted by Crippen LogP contribution is 2.28. The summed E-state index contributed by atoms with van der Waals surface area (Å²) < 4.78 is 2.58. The van der Waals surface area contributed by atoms with E-state index < -0.39 is 0 Å². The number of aryl methyl sites for hydroxylation is 2. The van der Waals surface area contributed by atoms with Crippen molar-refractivity contribution in [1.29, 1.82) is 0 Å². The van der Waals surface area contributed by atoms with Gasteiger partial charge in [-0.15, -0.1) is 5.10 Å². The highest BCUT2D eigenvalue weighted by Gasteiger charge is 2.12. The maximum absolute atomic E-state index is 4.03. The summed E-state index contributed by atoms with van der Waals surface area (Å²) in [6, 6.07) is 6.52. The quantitative estimate of drug-likeness (QED) is 0.860. The first-order valence-electron chi connectivity index (χ1n) is 6.49. The van der Waals surface area contributed by atoms with Crippen molar-refractivity contribution in [2.24, 2.45) is 7.05 Å². The molecular weight excluding hydrogens is 304 g/mol. The van der Waals surface area contributed by atoms with Gasteiger partial charge in [0.05, 0.1) is 0 Å². The first-order valence-corrected chi connectivity index (χ1v) is 7.28. The third-order valence-corrected chi connectivity index (χ3v) is 3.62. The maximum atomic E-state index is 4.03. The molecule has 0 aliphatic carbocycles. The van der Waals surface area contributed by atoms with Crippen LogP contribution in [0, 0.1) is 6.92 Å². The van der Waals surface area contributed by atoms with Crippen LogP contribution < -0.4 is 5.32 Å². The summed E-state index contributed by atoms with van der Waals surface area (Å²) >= 11 is 3.45. The van der Waals surface area contributed by atoms with Gasteiger partial charge in [0.15, 0.2) is 4.60 Å². The van der Waals surface area contributed by atoms with Gasteiger partial charge >= 0.3 is 0 Å². The Morgan fingerprint density at radius 1 is 1.37 bits per heavy atom. The predicted octanol–water partition coefficient (Wildman–Crippen LogP) is 3.05. The lowest BCUT2D eigenvalue weighted by Crippen LogP contribution is -2.13. The zero-order chi connectivity index (χ0) is 13.8. The van der Waals surface area contributed by atoms with Crippen LogP contribution in [0.2, 0.25) is 0 Å². The average Bonchev–Trinajstić information content (AvgIpc) is 2.70. The largest absolute Gasteiger partial charge is 0.313 e. The first-order chi connectivity index (χ1) is 9.13. The number of halogens is 1. The van der Waals surface area contributed by atoms with E-state index in [1.807, 2.05) is 7.05 Å². The van der Waals surface area contributed by atoms with Crippen LogP contribution >= 0.6 is 15.9 Å². The molecule has 1 heterocycles. The second-order valence-corrected chi connectivity index (χ2v) is 5.43. The van der Waals surface area contributed by atoms with Crippen LogP contribution in [0.5, 0.6) is 0 Å². The van der Waals surface area contributed by atoms with Crippen LogP contribution in [0.25, 0.3) is 11.3 Å². The molecule has 0 aliphatic rings. The van der Waals surface area contributed by atoms with E-state index in [9.17, 15) is 0 Å². The number of benzene rings is 1. The van der Waals surface area contributed by atoms with Gasteiger partial charge in [0.2, 0.25) is 0 Å². The summed E-state index contributed by atoms with van der Waals surface area (Å²) in [5, 5.41) is 11.5. The van der Waals surface area contributed by atoms with Gasteiger partial charge in [-0.25, -0.2) is 4.68 Å². The molecule has 0 saturated heterocycles. The molecule has 0 radical (unpaired) electrons. The lowest BCUT2D eigenvalue weighted by atomic mass is 10.0. The van der Waals surface area contributed by atoms with Gasteiger partial charge in [0.25, 0.3) is 0 Å². The van der Waals surface area contributed by atoms with Gasteiger partial charge in [0.1, 0.15) is 5.69 Å². The molecule has 1 aromatic heterocycles. The van der Waals surface area contributed by atoms with Crippen LogP contribution in [0.4, 0.5) is 0 Å². The number of rotatable bonds is 5. The molecule has 0 unspecified atom stereocenters. The Bertz CT molecular complexity index is 543. The van der Waals surface area contributed by atoms with Crippen molar-refractivity contribution in [1.82, 2.24) is 20.3 Å². The van der Waals surface area contributed by atoms with Crippen molar-refractivity contribution < 1.29 is 0 Å². The second-order valence-electron chi connectivity index (χ2n) is 4.68. The van der Waals surface area contributed by atoms with Gasteiger partial charge in [-0.3, -0.25) is 0 Å². The second kappa shape index (κ2) is 6.30. The fraction of sp³-hybridized carbons (Fsp3) is 0.429. The number of hydrogen-bond donors (Lipinski definition) is 1. The minimum Gasteiger partial charge on any atom is -0.313 e. The topological polar surface area (TPSA) is 42.7 Å². The Balaban J connectivity index is 2.25. The SMILES string of the molecule is CCCNCc1ccc(-c2c(Br)nnn2C)c(C)c1. The predicted molar refractivity (Wildman–Crippen MR) is 80.9 cm³/mol. The molecule has 102 valence electrons. The van der Waals surface area contributed by atoms with Gasteiger partial charge in [-0.1, -0.05) is 30.3 Å². The van der Waals surface area contributed by atoms with Crippen LogP contribution in [0.1, 0.15) is 24.5 Å². The van der Waals surface area contributed by atoms with Gasteiger partial charge in [0, 0.05) is 19.2 Å². The Hall–Kier alpha value is -1.20. The molecule has 2 rings (SSSR count). The zero-order valence-electron chi connectivity index (χ0n) is 11.6. The van der Waals surface area contributed by atoms with Gasteiger partial charge < -0.3 is 5.32 Å². The fourth-order valence-corrected chi connectivity index (χ4v) is 2.67. The van der Waals surface area contributed by atoms with Crippen molar-refractivity contribution in [3.8, 4) is 11.3 Å². The Kier molecular flexibility index (Phi) is 4.71. The lowest BCUT2D eigenvalue weighted by Gasteiger charge is -2.09. The van der Waals surface area contributed by atoms with Crippen molar-refractivity contribution in [3.05, 3.63) is 33.9 Å². The number of nitrogens with zero attached hydrogens (tertiary/aromatic N) is 3. The fourth-order valence-electron chi connectivity index (χ4n) is 2.13. The molecule has 0 amide bonds. The summed E-state index contributed by atoms with van der Waals surface area (Å²) in [5.74, 6) is 0. The van der Waals surface area contributed by atoms with E-state index in [0.717, 1.165) is 29.8 Å². The van der Waals surface area contributed by atoms with E-state index in [-0.39, 0.29) is 0 Å². The van der Waals surface area contributed by atoms with E-state index in [1.54, 1.807) is 4.68 Å². The van der Waals surface area contributed by atoms with Gasteiger partial charge in [-0.05, 0) is 46.9 Å². The third-order valence-electron chi connectivity index (χ3n) is 3.09. The molecular formula is C14H19BrN4. The van der Waals surface area contributed by atoms with E-state index in [2.05, 4.69) is 63.6 Å². The van der Waals surface area contributed by atoms with E-state index in [1.165, 1.54) is 16.7 Å². The third kappa shape index (κ3) is 3.22. The monoisotopic (exact) mass is 322 g/mol. The zero-order valence-corrected chi connectivity index (χ0v) is 13.2. The molecule has 0 atom stereocenters. The molecule has 0 aliphatic heterocycles. The maximum Gasteiger partial charge on any atom is 0.156 e. The summed E-state index contributed by atoms with van der Waals surface area (Å²) in [7, 11) is 1.91. The van der Waals surface area contributed by atoms with E-state index >= 15 is 0 Å². The molecule has 0 bridgehead atoms. The van der Waals surface area contributed by atoms with Crippen molar-refractivity contribution >= 4 is 15.9 Å². The summed E-state index contributed by atoms with van der Waals surface area (Å²) in [6.45, 7) is 6.27. The smallest absolute Gasteiger partial charge is 0.156 e. The Labute approximate surface area is 122 Å². The van der Waals surface area contributed by atoms with Crippen LogP contribution in [-0.2, 0) is 13.6 Å². The van der Waals surface area contributed by atoms with Crippen molar-refractivity contribution in [2.75, 3.05) is 6.54 Å². The minimum absolute atomic E-state index is 0.787. The molecule has 2 aromatic rings. The van der Waals surface area contributed by atoms with Crippen LogP contribution in [-0.4, -0.2) is 21.5 Å². The first kappa shape index (κ1) is 14.2. The molecule has 1 aromatic carbocycles. The number of hydrogen-bond acceptors (Lipinski definition) is 3. The Morgan fingerprint density at radius 2 is 2.16 bits per heavy atom. The molecule has 4 nitrogen and oxygen atoms in total. The minimum atomic E-state index is 0.787. The summed E-state index contributed by atoms with van der Waals surface area (Å²) in [5.41, 5.74) is 4.73. The standard InChI is InChI=1S/C14H19BrN4/c1-4-7-16-9-11-5-6-12(10(2)8-11)13-14(15)17-18-19(13)3/h5-6,8,16H,4,7,9H2,1-3H3. The molecule has 0 saturated carbocycles. The summed E-state index contributed by atoms with van der Waals surface area (Å²) in [4.78, 5) is 0.